The van der Waals surface area contributed by atoms with Gasteiger partial charge in [0.25, 0.3) is 0 Å². The number of carbonyl (C=O) groups is 1. The van der Waals surface area contributed by atoms with E-state index < -0.39 is 0 Å². The summed E-state index contributed by atoms with van der Waals surface area (Å²) in [5.41, 5.74) is 3.23. The minimum Gasteiger partial charge on any atom is -0.329 e. The molecule has 0 heterocycles. The molecule has 2 unspecified atom stereocenters. The van der Waals surface area contributed by atoms with E-state index in [9.17, 15) is 4.79 Å². The molecule has 3 heteroatoms. The maximum absolute atomic E-state index is 13.1. The van der Waals surface area contributed by atoms with Gasteiger partial charge in [0.05, 0.1) is 11.6 Å². The van der Waals surface area contributed by atoms with Gasteiger partial charge in [-0.05, 0) is 50.3 Å². The van der Waals surface area contributed by atoms with Gasteiger partial charge in [-0.25, -0.2) is 4.79 Å². The molecule has 140 valence electrons. The van der Waals surface area contributed by atoms with Gasteiger partial charge in [0.2, 0.25) is 0 Å². The van der Waals surface area contributed by atoms with E-state index in [0.717, 1.165) is 24.0 Å². The Morgan fingerprint density at radius 1 is 1.04 bits per heavy atom. The summed E-state index contributed by atoms with van der Waals surface area (Å²) in [7, 11) is 0. The zero-order valence-corrected chi connectivity index (χ0v) is 16.8. The minimum atomic E-state index is -0.377. The highest BCUT2D eigenvalue weighted by Gasteiger charge is 2.30. The van der Waals surface area contributed by atoms with E-state index in [-0.39, 0.29) is 17.6 Å². The maximum Gasteiger partial charge on any atom is 0.318 e. The quantitative estimate of drug-likeness (QED) is 0.684. The Labute approximate surface area is 158 Å². The second kappa shape index (κ2) is 8.88. The minimum absolute atomic E-state index is 0.0206. The summed E-state index contributed by atoms with van der Waals surface area (Å²) < 4.78 is 0. The highest BCUT2D eigenvalue weighted by Crippen LogP contribution is 2.26. The molecule has 2 atom stereocenters. The maximum atomic E-state index is 13.1. The Hall–Kier alpha value is -2.29. The van der Waals surface area contributed by atoms with Crippen molar-refractivity contribution in [3.63, 3.8) is 0 Å². The monoisotopic (exact) mass is 352 g/mol. The molecule has 2 aromatic rings. The van der Waals surface area contributed by atoms with E-state index in [1.54, 1.807) is 0 Å². The van der Waals surface area contributed by atoms with Gasteiger partial charge in [0, 0.05) is 6.54 Å². The number of hydrogen-bond donors (Lipinski definition) is 1. The summed E-state index contributed by atoms with van der Waals surface area (Å²) in [4.78, 5) is 15.0. The molecule has 0 aliphatic rings. The third kappa shape index (κ3) is 4.46. The summed E-state index contributed by atoms with van der Waals surface area (Å²) in [6, 6.07) is 18.8. The first kappa shape index (κ1) is 20.0. The molecule has 0 fully saturated rings. The van der Waals surface area contributed by atoms with Gasteiger partial charge < -0.3 is 10.2 Å². The van der Waals surface area contributed by atoms with E-state index in [1.807, 2.05) is 30.0 Å². The Morgan fingerprint density at radius 2 is 1.65 bits per heavy atom. The Balaban J connectivity index is 2.18. The van der Waals surface area contributed by atoms with Gasteiger partial charge in [-0.2, -0.15) is 0 Å². The van der Waals surface area contributed by atoms with Crippen LogP contribution in [-0.4, -0.2) is 17.5 Å². The molecule has 0 aliphatic heterocycles. The van der Waals surface area contributed by atoms with Crippen molar-refractivity contribution in [1.82, 2.24) is 10.2 Å². The largest absolute Gasteiger partial charge is 0.329 e. The number of benzene rings is 2. The molecule has 0 aromatic heterocycles. The number of rotatable bonds is 7. The normalized spacial score (nSPS) is 14.3. The van der Waals surface area contributed by atoms with Crippen molar-refractivity contribution in [2.45, 2.75) is 59.0 Å². The van der Waals surface area contributed by atoms with Crippen LogP contribution in [0, 0.1) is 0 Å². The first-order valence-corrected chi connectivity index (χ1v) is 9.68. The molecule has 0 spiro atoms. The summed E-state index contributed by atoms with van der Waals surface area (Å²) in [6.45, 7) is 11.1. The van der Waals surface area contributed by atoms with E-state index in [2.05, 4.69) is 69.4 Å². The van der Waals surface area contributed by atoms with Gasteiger partial charge >= 0.3 is 6.03 Å². The van der Waals surface area contributed by atoms with Crippen molar-refractivity contribution in [2.24, 2.45) is 0 Å². The van der Waals surface area contributed by atoms with E-state index >= 15 is 0 Å². The Kier molecular flexibility index (Phi) is 6.84. The molecular formula is C23H32N2O. The number of aryl methyl sites for hydroxylation is 1. The summed E-state index contributed by atoms with van der Waals surface area (Å²) in [6.07, 6.45) is 1.86. The van der Waals surface area contributed by atoms with Gasteiger partial charge in [-0.1, -0.05) is 68.4 Å². The average molecular weight is 353 g/mol. The zero-order chi connectivity index (χ0) is 19.2. The lowest BCUT2D eigenvalue weighted by atomic mass is 9.89. The number of nitrogens with one attached hydrogen (secondary N) is 1. The van der Waals surface area contributed by atoms with Crippen molar-refractivity contribution in [3.05, 3.63) is 71.3 Å². The van der Waals surface area contributed by atoms with Crippen LogP contribution in [0.25, 0.3) is 0 Å². The lowest BCUT2D eigenvalue weighted by Crippen LogP contribution is -2.50. The number of urea groups is 1. The Bertz CT molecular complexity index is 696. The van der Waals surface area contributed by atoms with Crippen molar-refractivity contribution in [2.75, 3.05) is 6.54 Å². The van der Waals surface area contributed by atoms with Crippen molar-refractivity contribution in [3.8, 4) is 0 Å². The molecule has 0 saturated carbocycles. The fraction of sp³-hybridized carbons (Fsp3) is 0.435. The zero-order valence-electron chi connectivity index (χ0n) is 16.8. The number of nitrogens with zero attached hydrogens (tertiary/aromatic N) is 1. The van der Waals surface area contributed by atoms with Crippen LogP contribution < -0.4 is 5.32 Å². The van der Waals surface area contributed by atoms with Crippen LogP contribution in [0.1, 0.15) is 63.8 Å². The van der Waals surface area contributed by atoms with Gasteiger partial charge in [0.15, 0.2) is 0 Å². The molecular weight excluding hydrogens is 320 g/mol. The molecule has 0 radical (unpaired) electrons. The smallest absolute Gasteiger partial charge is 0.318 e. The summed E-state index contributed by atoms with van der Waals surface area (Å²) in [5, 5.41) is 3.27. The van der Waals surface area contributed by atoms with E-state index in [0.29, 0.717) is 6.54 Å². The molecule has 0 aliphatic carbocycles. The topological polar surface area (TPSA) is 32.3 Å². The van der Waals surface area contributed by atoms with Gasteiger partial charge in [-0.3, -0.25) is 0 Å². The number of amides is 2. The highest BCUT2D eigenvalue weighted by atomic mass is 16.2. The van der Waals surface area contributed by atoms with Crippen LogP contribution in [0.2, 0.25) is 0 Å². The second-order valence-electron chi connectivity index (χ2n) is 7.04. The second-order valence-corrected chi connectivity index (χ2v) is 7.04. The molecule has 3 nitrogen and oxygen atoms in total. The predicted octanol–water partition coefficient (Wildman–Crippen LogP) is 5.67. The van der Waals surface area contributed by atoms with Gasteiger partial charge in [-0.15, -0.1) is 0 Å². The van der Waals surface area contributed by atoms with Crippen LogP contribution in [0.3, 0.4) is 0 Å². The number of hydrogen-bond acceptors (Lipinski definition) is 1. The number of carbonyl (C=O) groups excluding carboxylic acids is 1. The molecule has 26 heavy (non-hydrogen) atoms. The van der Waals surface area contributed by atoms with E-state index in [4.69, 9.17) is 0 Å². The van der Waals surface area contributed by atoms with E-state index in [1.165, 1.54) is 5.56 Å². The predicted molar refractivity (Wildman–Crippen MR) is 109 cm³/mol. The third-order valence-electron chi connectivity index (χ3n) is 5.44. The molecule has 2 aromatic carbocycles. The highest BCUT2D eigenvalue weighted by molar-refractivity contribution is 5.76. The van der Waals surface area contributed by atoms with Crippen LogP contribution in [-0.2, 0) is 12.0 Å². The van der Waals surface area contributed by atoms with Crippen molar-refractivity contribution in [1.29, 1.82) is 0 Å². The Morgan fingerprint density at radius 3 is 2.15 bits per heavy atom. The first-order chi connectivity index (χ1) is 12.4. The summed E-state index contributed by atoms with van der Waals surface area (Å²) in [5.74, 6) is 0. The van der Waals surface area contributed by atoms with Crippen LogP contribution in [0.15, 0.2) is 54.6 Å². The van der Waals surface area contributed by atoms with Gasteiger partial charge in [0.1, 0.15) is 0 Å². The molecule has 0 bridgehead atoms. The lowest BCUT2D eigenvalue weighted by Gasteiger charge is -2.36. The van der Waals surface area contributed by atoms with Crippen molar-refractivity contribution >= 4 is 6.03 Å². The molecule has 1 N–H and O–H groups in total. The average Bonchev–Trinajstić information content (AvgIpc) is 2.69. The first-order valence-electron chi connectivity index (χ1n) is 9.68. The van der Waals surface area contributed by atoms with Crippen LogP contribution >= 0.6 is 0 Å². The van der Waals surface area contributed by atoms with Crippen LogP contribution in [0.4, 0.5) is 4.79 Å². The lowest BCUT2D eigenvalue weighted by molar-refractivity contribution is 0.169. The SMILES string of the molecule is CCc1ccc(C(C)N(CC)C(=O)NC(C)(CC)c2ccccc2)cc1. The molecule has 0 saturated heterocycles. The fourth-order valence-corrected chi connectivity index (χ4v) is 3.28. The van der Waals surface area contributed by atoms with Crippen molar-refractivity contribution < 1.29 is 4.79 Å². The third-order valence-corrected chi connectivity index (χ3v) is 5.44. The van der Waals surface area contributed by atoms with Crippen LogP contribution in [0.5, 0.6) is 0 Å². The molecule has 2 rings (SSSR count). The fourth-order valence-electron chi connectivity index (χ4n) is 3.28. The molecule has 2 amide bonds. The standard InChI is InChI=1S/C23H32N2O/c1-6-19-14-16-20(17-15-19)18(4)25(8-3)22(26)24-23(5,7-2)21-12-10-9-11-13-21/h9-18H,6-8H2,1-5H3,(H,24,26). The summed E-state index contributed by atoms with van der Waals surface area (Å²) >= 11 is 0.